The predicted octanol–water partition coefficient (Wildman–Crippen LogP) is 3.46. The molecule has 0 aliphatic carbocycles. The maximum Gasteiger partial charge on any atom is 0.258 e. The van der Waals surface area contributed by atoms with Crippen LogP contribution in [0.4, 0.5) is 20.2 Å². The van der Waals surface area contributed by atoms with Gasteiger partial charge >= 0.3 is 0 Å². The number of nitrogens with one attached hydrogen (secondary N) is 1. The molecule has 21 heavy (non-hydrogen) atoms. The van der Waals surface area contributed by atoms with E-state index in [-0.39, 0.29) is 0 Å². The van der Waals surface area contributed by atoms with Crippen LogP contribution in [-0.2, 0) is 0 Å². The molecule has 0 bridgehead atoms. The number of rotatable bonds is 3. The lowest BCUT2D eigenvalue weighted by Crippen LogP contribution is -2.14. The van der Waals surface area contributed by atoms with E-state index in [4.69, 9.17) is 22.1 Å². The fourth-order valence-electron chi connectivity index (χ4n) is 1.68. The minimum Gasteiger partial charge on any atom is -0.495 e. The Kier molecular flexibility index (Phi) is 4.28. The van der Waals surface area contributed by atoms with Gasteiger partial charge < -0.3 is 15.8 Å². The van der Waals surface area contributed by atoms with Crippen LogP contribution in [0.3, 0.4) is 0 Å². The van der Waals surface area contributed by atoms with Gasteiger partial charge in [-0.25, -0.2) is 8.78 Å². The number of anilines is 2. The summed E-state index contributed by atoms with van der Waals surface area (Å²) >= 11 is 5.43. The van der Waals surface area contributed by atoms with Gasteiger partial charge in [0, 0.05) is 11.8 Å². The molecule has 0 unspecified atom stereocenters. The number of carbonyl (C=O) groups is 1. The van der Waals surface area contributed by atoms with Crippen molar-refractivity contribution in [3.63, 3.8) is 0 Å². The molecule has 7 heteroatoms. The Morgan fingerprint density at radius 1 is 1.24 bits per heavy atom. The standard InChI is InChI=1S/C14H11ClF2N2O2/c1-21-13-4-7(2-3-12(13)18)19-14(20)8-5-11(17)9(15)6-10(8)16/h2-6H,18H2,1H3,(H,19,20). The molecule has 1 amide bonds. The Morgan fingerprint density at radius 2 is 1.95 bits per heavy atom. The lowest BCUT2D eigenvalue weighted by molar-refractivity contribution is 0.102. The molecule has 0 spiro atoms. The Balaban J connectivity index is 2.28. The van der Waals surface area contributed by atoms with Crippen LogP contribution in [0.25, 0.3) is 0 Å². The monoisotopic (exact) mass is 312 g/mol. The molecule has 0 atom stereocenters. The summed E-state index contributed by atoms with van der Waals surface area (Å²) in [6, 6.07) is 5.99. The summed E-state index contributed by atoms with van der Waals surface area (Å²) in [5.41, 5.74) is 5.91. The summed E-state index contributed by atoms with van der Waals surface area (Å²) in [6.45, 7) is 0. The third-order valence-electron chi connectivity index (χ3n) is 2.75. The molecule has 0 aromatic heterocycles. The number of benzene rings is 2. The van der Waals surface area contributed by atoms with Crippen LogP contribution < -0.4 is 15.8 Å². The van der Waals surface area contributed by atoms with E-state index in [0.29, 0.717) is 17.1 Å². The van der Waals surface area contributed by atoms with Crippen LogP contribution in [0.1, 0.15) is 10.4 Å². The van der Waals surface area contributed by atoms with Gasteiger partial charge in [-0.05, 0) is 24.3 Å². The highest BCUT2D eigenvalue weighted by Crippen LogP contribution is 2.26. The number of nitrogens with two attached hydrogens (primary N) is 1. The third-order valence-corrected chi connectivity index (χ3v) is 3.04. The lowest BCUT2D eigenvalue weighted by atomic mass is 10.2. The zero-order valence-corrected chi connectivity index (χ0v) is 11.7. The number of halogens is 3. The molecule has 0 saturated carbocycles. The van der Waals surface area contributed by atoms with Gasteiger partial charge in [0.25, 0.3) is 5.91 Å². The number of methoxy groups -OCH3 is 1. The normalized spacial score (nSPS) is 10.3. The maximum atomic E-state index is 13.6. The van der Waals surface area contributed by atoms with Crippen molar-refractivity contribution >= 4 is 28.9 Å². The highest BCUT2D eigenvalue weighted by Gasteiger charge is 2.16. The Bertz CT molecular complexity index is 708. The smallest absolute Gasteiger partial charge is 0.258 e. The second-order valence-corrected chi connectivity index (χ2v) is 4.56. The molecule has 0 radical (unpaired) electrons. The van der Waals surface area contributed by atoms with Crippen LogP contribution >= 0.6 is 11.6 Å². The summed E-state index contributed by atoms with van der Waals surface area (Å²) in [5.74, 6) is -2.25. The van der Waals surface area contributed by atoms with Crippen LogP contribution in [0.15, 0.2) is 30.3 Å². The van der Waals surface area contributed by atoms with E-state index in [1.807, 2.05) is 0 Å². The van der Waals surface area contributed by atoms with Gasteiger partial charge in [-0.3, -0.25) is 4.79 Å². The summed E-state index contributed by atoms with van der Waals surface area (Å²) < 4.78 is 32.0. The number of hydrogen-bond acceptors (Lipinski definition) is 3. The quantitative estimate of drug-likeness (QED) is 0.674. The predicted molar refractivity (Wildman–Crippen MR) is 76.7 cm³/mol. The molecule has 0 aliphatic rings. The Morgan fingerprint density at radius 3 is 2.62 bits per heavy atom. The zero-order valence-electron chi connectivity index (χ0n) is 10.9. The van der Waals surface area contributed by atoms with Crippen molar-refractivity contribution in [1.29, 1.82) is 0 Å². The summed E-state index contributed by atoms with van der Waals surface area (Å²) in [4.78, 5) is 12.0. The van der Waals surface area contributed by atoms with Crippen molar-refractivity contribution in [3.8, 4) is 5.75 Å². The molecule has 110 valence electrons. The summed E-state index contributed by atoms with van der Waals surface area (Å²) in [7, 11) is 1.42. The summed E-state index contributed by atoms with van der Waals surface area (Å²) in [5, 5.41) is 2.03. The van der Waals surface area contributed by atoms with Crippen molar-refractivity contribution in [2.45, 2.75) is 0 Å². The van der Waals surface area contributed by atoms with Crippen molar-refractivity contribution in [2.24, 2.45) is 0 Å². The Labute approximate surface area is 124 Å². The largest absolute Gasteiger partial charge is 0.495 e. The highest BCUT2D eigenvalue weighted by molar-refractivity contribution is 6.30. The average Bonchev–Trinajstić information content (AvgIpc) is 2.44. The van der Waals surface area contributed by atoms with Crippen LogP contribution in [0, 0.1) is 11.6 Å². The average molecular weight is 313 g/mol. The van der Waals surface area contributed by atoms with Crippen LogP contribution in [0.5, 0.6) is 5.75 Å². The molecule has 0 fully saturated rings. The third kappa shape index (κ3) is 3.22. The van der Waals surface area contributed by atoms with E-state index in [2.05, 4.69) is 5.32 Å². The van der Waals surface area contributed by atoms with E-state index in [9.17, 15) is 13.6 Å². The van der Waals surface area contributed by atoms with Gasteiger partial charge in [0.1, 0.15) is 17.4 Å². The molecule has 3 N–H and O–H groups in total. The van der Waals surface area contributed by atoms with Crippen LogP contribution in [0.2, 0.25) is 5.02 Å². The number of amides is 1. The fraction of sp³-hybridized carbons (Fsp3) is 0.0714. The van der Waals surface area contributed by atoms with Gasteiger partial charge in [-0.15, -0.1) is 0 Å². The van der Waals surface area contributed by atoms with Crippen molar-refractivity contribution in [1.82, 2.24) is 0 Å². The lowest BCUT2D eigenvalue weighted by Gasteiger charge is -2.10. The van der Waals surface area contributed by atoms with Gasteiger partial charge in [0.15, 0.2) is 0 Å². The molecule has 4 nitrogen and oxygen atoms in total. The molecule has 2 aromatic carbocycles. The number of hydrogen-bond donors (Lipinski definition) is 2. The van der Waals surface area contributed by atoms with Gasteiger partial charge in [-0.2, -0.15) is 0 Å². The zero-order chi connectivity index (χ0) is 15.6. The second-order valence-electron chi connectivity index (χ2n) is 4.16. The summed E-state index contributed by atoms with van der Waals surface area (Å²) in [6.07, 6.45) is 0. The molecular formula is C14H11ClF2N2O2. The molecule has 2 rings (SSSR count). The number of carbonyl (C=O) groups excluding carboxylic acids is 1. The van der Waals surface area contributed by atoms with Gasteiger partial charge in [0.2, 0.25) is 0 Å². The topological polar surface area (TPSA) is 64.3 Å². The molecular weight excluding hydrogens is 302 g/mol. The van der Waals surface area contributed by atoms with E-state index >= 15 is 0 Å². The minimum atomic E-state index is -0.915. The van der Waals surface area contributed by atoms with Gasteiger partial charge in [-0.1, -0.05) is 11.6 Å². The highest BCUT2D eigenvalue weighted by atomic mass is 35.5. The van der Waals surface area contributed by atoms with Crippen molar-refractivity contribution in [2.75, 3.05) is 18.2 Å². The number of ether oxygens (including phenoxy) is 1. The van der Waals surface area contributed by atoms with E-state index < -0.39 is 28.1 Å². The Hall–Kier alpha value is -2.34. The first kappa shape index (κ1) is 15.1. The molecule has 2 aromatic rings. The first-order valence-corrected chi connectivity index (χ1v) is 6.19. The molecule has 0 heterocycles. The fourth-order valence-corrected chi connectivity index (χ4v) is 1.83. The SMILES string of the molecule is COc1cc(NC(=O)c2cc(F)c(Cl)cc2F)ccc1N. The second kappa shape index (κ2) is 5.97. The first-order chi connectivity index (χ1) is 9.92. The number of nitrogen functional groups attached to an aromatic ring is 1. The molecule has 0 aliphatic heterocycles. The van der Waals surface area contributed by atoms with E-state index in [0.717, 1.165) is 12.1 Å². The van der Waals surface area contributed by atoms with Crippen LogP contribution in [-0.4, -0.2) is 13.0 Å². The minimum absolute atomic E-state index is 0.334. The van der Waals surface area contributed by atoms with E-state index in [1.165, 1.54) is 25.3 Å². The van der Waals surface area contributed by atoms with Gasteiger partial charge in [0.05, 0.1) is 23.4 Å². The maximum absolute atomic E-state index is 13.6. The van der Waals surface area contributed by atoms with Crippen molar-refractivity contribution < 1.29 is 18.3 Å². The first-order valence-electron chi connectivity index (χ1n) is 5.81. The van der Waals surface area contributed by atoms with E-state index in [1.54, 1.807) is 0 Å². The molecule has 0 saturated heterocycles. The van der Waals surface area contributed by atoms with Crippen molar-refractivity contribution in [3.05, 3.63) is 52.6 Å².